The number of hydrogen-bond donors (Lipinski definition) is 2. The van der Waals surface area contributed by atoms with E-state index in [1.807, 2.05) is 0 Å². The maximum atomic E-state index is 12.4. The fourth-order valence-corrected chi connectivity index (χ4v) is 11.4. The molecule has 1 heterocycles. The number of carbonyl (C=O) groups excluding carboxylic acids is 1. The summed E-state index contributed by atoms with van der Waals surface area (Å²) >= 11 is 0. The minimum atomic E-state index is -3.46. The summed E-state index contributed by atoms with van der Waals surface area (Å²) in [6.07, 6.45) is 10.4. The van der Waals surface area contributed by atoms with Crippen molar-refractivity contribution in [2.45, 2.75) is 117 Å². The van der Waals surface area contributed by atoms with Gasteiger partial charge in [-0.15, -0.1) is 0 Å². The Morgan fingerprint density at radius 3 is 2.37 bits per heavy atom. The van der Waals surface area contributed by atoms with E-state index in [4.69, 9.17) is 4.74 Å². The molecule has 4 aliphatic rings. The van der Waals surface area contributed by atoms with Crippen LogP contribution in [0.1, 0.15) is 110 Å². The number of hydrogen-bond acceptors (Lipinski definition) is 7. The number of aliphatic hydroxyl groups is 2. The van der Waals surface area contributed by atoms with Gasteiger partial charge >= 0.3 is 0 Å². The smallest absolute Gasteiger partial charge is 0.213 e. The molecule has 4 aliphatic carbocycles. The molecule has 0 unspecified atom stereocenters. The van der Waals surface area contributed by atoms with E-state index < -0.39 is 26.6 Å². The Balaban J connectivity index is 1.20. The topological polar surface area (TPSA) is 114 Å². The Hall–Kier alpha value is -1.51. The number of rotatable bonds is 10. The number of aliphatic hydroxyl groups excluding tert-OH is 2. The molecule has 0 aliphatic heterocycles. The number of aromatic nitrogens is 1. The molecular formula is C35H55NO6S. The zero-order valence-corrected chi connectivity index (χ0v) is 28.0. The summed E-state index contributed by atoms with van der Waals surface area (Å²) in [6.45, 7) is 13.3. The number of Topliss-reactive ketones (excluding diaryl/α,β-unsaturated/α-hetero) is 1. The van der Waals surface area contributed by atoms with Crippen LogP contribution in [-0.4, -0.2) is 59.2 Å². The van der Waals surface area contributed by atoms with Gasteiger partial charge in [-0.3, -0.25) is 4.79 Å². The van der Waals surface area contributed by atoms with Crippen LogP contribution in [0, 0.1) is 52.3 Å². The Kier molecular flexibility index (Phi) is 9.44. The molecule has 7 nitrogen and oxygen atoms in total. The first-order chi connectivity index (χ1) is 20.2. The van der Waals surface area contributed by atoms with Gasteiger partial charge < -0.3 is 14.9 Å². The molecule has 2 N–H and O–H groups in total. The van der Waals surface area contributed by atoms with Crippen molar-refractivity contribution in [3.63, 3.8) is 0 Å². The molecule has 1 aromatic rings. The molecule has 0 saturated heterocycles. The summed E-state index contributed by atoms with van der Waals surface area (Å²) < 4.78 is 30.2. The van der Waals surface area contributed by atoms with E-state index in [1.165, 1.54) is 31.9 Å². The van der Waals surface area contributed by atoms with Gasteiger partial charge in [0, 0.05) is 17.8 Å². The average Bonchev–Trinajstić information content (AvgIpc) is 3.31. The molecule has 5 rings (SSSR count). The maximum absolute atomic E-state index is 12.4. The van der Waals surface area contributed by atoms with E-state index >= 15 is 0 Å². The summed E-state index contributed by atoms with van der Waals surface area (Å²) in [5.41, 5.74) is 0.719. The first-order valence-electron chi connectivity index (χ1n) is 16.9. The van der Waals surface area contributed by atoms with Gasteiger partial charge in [0.2, 0.25) is 5.88 Å². The second kappa shape index (κ2) is 12.4. The lowest BCUT2D eigenvalue weighted by Gasteiger charge is -2.64. The molecule has 43 heavy (non-hydrogen) atoms. The normalized spacial score (nSPS) is 39.9. The van der Waals surface area contributed by atoms with Crippen LogP contribution in [0.15, 0.2) is 18.3 Å². The highest BCUT2D eigenvalue weighted by atomic mass is 32.2. The first kappa shape index (κ1) is 32.9. The van der Waals surface area contributed by atoms with Gasteiger partial charge in [0.05, 0.1) is 24.1 Å². The van der Waals surface area contributed by atoms with Gasteiger partial charge in [-0.1, -0.05) is 34.1 Å². The van der Waals surface area contributed by atoms with Crippen LogP contribution in [0.5, 0.6) is 5.88 Å². The van der Waals surface area contributed by atoms with Gasteiger partial charge in [0.25, 0.3) is 0 Å². The van der Waals surface area contributed by atoms with Gasteiger partial charge in [-0.2, -0.15) is 0 Å². The number of nitrogens with zero attached hydrogens (tertiary/aromatic N) is 1. The number of pyridine rings is 1. The lowest BCUT2D eigenvalue weighted by Crippen LogP contribution is -2.62. The van der Waals surface area contributed by atoms with E-state index in [2.05, 4.69) is 32.7 Å². The first-order valence-corrected chi connectivity index (χ1v) is 18.6. The van der Waals surface area contributed by atoms with E-state index in [0.717, 1.165) is 32.1 Å². The van der Waals surface area contributed by atoms with Crippen LogP contribution in [0.2, 0.25) is 0 Å². The van der Waals surface area contributed by atoms with Crippen molar-refractivity contribution in [3.05, 3.63) is 23.9 Å². The van der Waals surface area contributed by atoms with Crippen molar-refractivity contribution in [2.75, 3.05) is 12.4 Å². The number of ketones is 1. The summed E-state index contributed by atoms with van der Waals surface area (Å²) in [5, 5.41) is 21.9. The third-order valence-electron chi connectivity index (χ3n) is 13.1. The average molecular weight is 618 g/mol. The third-order valence-corrected chi connectivity index (χ3v) is 15.2. The summed E-state index contributed by atoms with van der Waals surface area (Å²) in [5.74, 6) is 2.70. The lowest BCUT2D eigenvalue weighted by molar-refractivity contribution is -0.203. The number of sulfone groups is 1. The fraction of sp³-hybridized carbons (Fsp3) is 0.829. The summed E-state index contributed by atoms with van der Waals surface area (Å²) in [6, 6.07) is 3.25. The predicted molar refractivity (Wildman–Crippen MR) is 169 cm³/mol. The summed E-state index contributed by atoms with van der Waals surface area (Å²) in [4.78, 5) is 16.7. The molecule has 4 fully saturated rings. The largest absolute Gasteiger partial charge is 0.478 e. The highest BCUT2D eigenvalue weighted by Gasteiger charge is 2.64. The molecule has 4 saturated carbocycles. The highest BCUT2D eigenvalue weighted by molar-refractivity contribution is 7.92. The Morgan fingerprint density at radius 2 is 1.72 bits per heavy atom. The van der Waals surface area contributed by atoms with Crippen LogP contribution < -0.4 is 4.74 Å². The standard InChI is InChI=1S/C35H55NO6S/c1-7-25-29-18-24(37)12-15-35(29,6)28-13-16-34(5)26(9-10-27(34)32(28)33(25)39)22(4)14-17-42-31-11-8-23(19-36-31)30(38)20-43(40,41)21(2)3/h8,11,19,21-22,24-29,32-33,37,39H,7,9-10,12-18,20H2,1-6H3/t22-,24-,25-,26-,27+,28+,29+,32+,33-,34-,35-/m1/s1. The van der Waals surface area contributed by atoms with Crippen molar-refractivity contribution in [1.82, 2.24) is 4.98 Å². The van der Waals surface area contributed by atoms with Gasteiger partial charge in [0.1, 0.15) is 5.75 Å². The number of fused-ring (bicyclic) bond motifs is 5. The van der Waals surface area contributed by atoms with Crippen LogP contribution in [-0.2, 0) is 9.84 Å². The molecule has 0 amide bonds. The molecule has 11 atom stereocenters. The quantitative estimate of drug-likeness (QED) is 0.304. The Bertz CT molecular complexity index is 1250. The number of ether oxygens (including phenoxy) is 1. The minimum absolute atomic E-state index is 0.215. The van der Waals surface area contributed by atoms with Crippen LogP contribution >= 0.6 is 0 Å². The molecular weight excluding hydrogens is 562 g/mol. The van der Waals surface area contributed by atoms with Crippen molar-refractivity contribution < 1.29 is 28.2 Å². The third kappa shape index (κ3) is 5.94. The van der Waals surface area contributed by atoms with Crippen molar-refractivity contribution in [3.8, 4) is 5.88 Å². The summed E-state index contributed by atoms with van der Waals surface area (Å²) in [7, 11) is -3.46. The van der Waals surface area contributed by atoms with E-state index in [0.29, 0.717) is 48.0 Å². The van der Waals surface area contributed by atoms with E-state index in [1.54, 1.807) is 26.0 Å². The zero-order valence-electron chi connectivity index (χ0n) is 27.2. The monoisotopic (exact) mass is 617 g/mol. The van der Waals surface area contributed by atoms with Crippen LogP contribution in [0.25, 0.3) is 0 Å². The second-order valence-corrected chi connectivity index (χ2v) is 18.0. The molecule has 0 spiro atoms. The molecule has 0 aromatic carbocycles. The minimum Gasteiger partial charge on any atom is -0.478 e. The lowest BCUT2D eigenvalue weighted by atomic mass is 9.41. The van der Waals surface area contributed by atoms with Gasteiger partial charge in [-0.25, -0.2) is 13.4 Å². The molecule has 242 valence electrons. The van der Waals surface area contributed by atoms with Crippen LogP contribution in [0.3, 0.4) is 0 Å². The van der Waals surface area contributed by atoms with Crippen molar-refractivity contribution >= 4 is 15.6 Å². The maximum Gasteiger partial charge on any atom is 0.213 e. The molecule has 8 heteroatoms. The SMILES string of the molecule is CC[C@H]1[C@@H](O)[C@@H]2[C@H](CC[C@]3(C)[C@@H]([C@H](C)CCOc4ccc(C(=O)CS(=O)(=O)C(C)C)cn4)CC[C@@H]23)[C@@]2(C)CC[C@@H](O)C[C@@H]12. The zero-order chi connectivity index (χ0) is 31.3. The molecule has 0 bridgehead atoms. The van der Waals surface area contributed by atoms with Crippen molar-refractivity contribution in [2.24, 2.45) is 52.3 Å². The molecule has 1 aromatic heterocycles. The van der Waals surface area contributed by atoms with Gasteiger partial charge in [0.15, 0.2) is 15.6 Å². The molecule has 0 radical (unpaired) electrons. The highest BCUT2D eigenvalue weighted by Crippen LogP contribution is 2.69. The van der Waals surface area contributed by atoms with Gasteiger partial charge in [-0.05, 0) is 124 Å². The van der Waals surface area contributed by atoms with Crippen LogP contribution in [0.4, 0.5) is 0 Å². The predicted octanol–water partition coefficient (Wildman–Crippen LogP) is 6.12. The van der Waals surface area contributed by atoms with E-state index in [-0.39, 0.29) is 34.5 Å². The second-order valence-electron chi connectivity index (χ2n) is 15.4. The Labute approximate surface area is 259 Å². The Morgan fingerprint density at radius 1 is 1.02 bits per heavy atom. The fourth-order valence-electron chi connectivity index (χ4n) is 10.5. The number of carbonyl (C=O) groups is 1. The van der Waals surface area contributed by atoms with E-state index in [9.17, 15) is 23.4 Å². The van der Waals surface area contributed by atoms with Crippen molar-refractivity contribution in [1.29, 1.82) is 0 Å².